The molecule has 2 heterocycles. The number of carboxylic acids is 1. The predicted molar refractivity (Wildman–Crippen MR) is 110 cm³/mol. The fraction of sp³-hybridized carbons (Fsp3) is 0.150. The van der Waals surface area contributed by atoms with Crippen molar-refractivity contribution in [2.45, 2.75) is 13.0 Å². The molecule has 0 aliphatic carbocycles. The molecule has 1 aliphatic heterocycles. The van der Waals surface area contributed by atoms with Gasteiger partial charge in [-0.3, -0.25) is 0 Å². The molecule has 4 rings (SSSR count). The lowest BCUT2D eigenvalue weighted by Gasteiger charge is -2.28. The lowest BCUT2D eigenvalue weighted by atomic mass is 10.1. The molecule has 9 heteroatoms. The minimum Gasteiger partial charge on any atom is -0.476 e. The topological polar surface area (TPSA) is 87.5 Å². The Hall–Kier alpha value is -3.03. The molecular formula is C20H16Cl2N4O3. The van der Waals surface area contributed by atoms with E-state index in [1.165, 1.54) is 0 Å². The molecule has 0 saturated carbocycles. The fourth-order valence-corrected chi connectivity index (χ4v) is 3.65. The molecule has 2 amide bonds. The van der Waals surface area contributed by atoms with E-state index in [4.69, 9.17) is 23.2 Å². The van der Waals surface area contributed by atoms with Crippen LogP contribution in [0.15, 0.2) is 48.5 Å². The second-order valence-electron chi connectivity index (χ2n) is 6.58. The molecule has 1 aromatic heterocycles. The summed E-state index contributed by atoms with van der Waals surface area (Å²) in [5.74, 6) is -1.13. The summed E-state index contributed by atoms with van der Waals surface area (Å²) in [4.78, 5) is 26.0. The van der Waals surface area contributed by atoms with Crippen LogP contribution in [0.25, 0.3) is 5.69 Å². The van der Waals surface area contributed by atoms with Crippen molar-refractivity contribution in [2.75, 3.05) is 11.9 Å². The van der Waals surface area contributed by atoms with Gasteiger partial charge in [0.15, 0.2) is 5.69 Å². The maximum Gasteiger partial charge on any atom is 0.356 e. The van der Waals surface area contributed by atoms with Crippen LogP contribution in [0.1, 0.15) is 21.7 Å². The molecule has 0 saturated heterocycles. The van der Waals surface area contributed by atoms with Gasteiger partial charge in [-0.1, -0.05) is 29.3 Å². The number of carbonyl (C=O) groups excluding carboxylic acids is 1. The number of hydrogen-bond acceptors (Lipinski definition) is 3. The number of fused-ring (bicyclic) bond motifs is 1. The molecule has 2 N–H and O–H groups in total. The van der Waals surface area contributed by atoms with Crippen molar-refractivity contribution in [1.29, 1.82) is 0 Å². The van der Waals surface area contributed by atoms with Gasteiger partial charge >= 0.3 is 12.0 Å². The number of rotatable bonds is 3. The maximum atomic E-state index is 12.7. The van der Waals surface area contributed by atoms with E-state index in [0.717, 1.165) is 11.4 Å². The van der Waals surface area contributed by atoms with E-state index in [2.05, 4.69) is 10.4 Å². The number of nitrogens with one attached hydrogen (secondary N) is 1. The fourth-order valence-electron chi connectivity index (χ4n) is 3.33. The van der Waals surface area contributed by atoms with Crippen molar-refractivity contribution in [3.63, 3.8) is 0 Å². The van der Waals surface area contributed by atoms with Crippen molar-refractivity contribution in [2.24, 2.45) is 0 Å². The van der Waals surface area contributed by atoms with Crippen LogP contribution in [-0.2, 0) is 13.0 Å². The average molecular weight is 431 g/mol. The van der Waals surface area contributed by atoms with E-state index in [9.17, 15) is 14.7 Å². The minimum absolute atomic E-state index is 0.0600. The first kappa shape index (κ1) is 19.3. The van der Waals surface area contributed by atoms with Crippen molar-refractivity contribution < 1.29 is 14.7 Å². The number of anilines is 1. The number of aromatic carboxylic acids is 1. The quantitative estimate of drug-likeness (QED) is 0.641. The molecule has 148 valence electrons. The molecule has 3 aromatic rings. The van der Waals surface area contributed by atoms with Gasteiger partial charge in [0.1, 0.15) is 0 Å². The smallest absolute Gasteiger partial charge is 0.356 e. The van der Waals surface area contributed by atoms with Crippen LogP contribution >= 0.6 is 23.2 Å². The zero-order valence-corrected chi connectivity index (χ0v) is 16.6. The third-order valence-corrected chi connectivity index (χ3v) is 5.18. The predicted octanol–water partition coefficient (Wildman–Crippen LogP) is 4.47. The lowest BCUT2D eigenvalue weighted by Crippen LogP contribution is -2.39. The number of halogens is 2. The highest BCUT2D eigenvalue weighted by atomic mass is 35.5. The Morgan fingerprint density at radius 1 is 1.07 bits per heavy atom. The van der Waals surface area contributed by atoms with Gasteiger partial charge in [-0.2, -0.15) is 5.10 Å². The van der Waals surface area contributed by atoms with Crippen LogP contribution < -0.4 is 5.32 Å². The van der Waals surface area contributed by atoms with Crippen LogP contribution in [0.5, 0.6) is 0 Å². The molecule has 0 atom stereocenters. The van der Waals surface area contributed by atoms with Crippen LogP contribution in [0.4, 0.5) is 10.5 Å². The Kier molecular flexibility index (Phi) is 5.17. The van der Waals surface area contributed by atoms with Gasteiger partial charge in [0, 0.05) is 34.3 Å². The van der Waals surface area contributed by atoms with Crippen LogP contribution in [0.3, 0.4) is 0 Å². The Morgan fingerprint density at radius 3 is 2.52 bits per heavy atom. The highest BCUT2D eigenvalue weighted by molar-refractivity contribution is 6.31. The van der Waals surface area contributed by atoms with E-state index in [-0.39, 0.29) is 18.3 Å². The number of benzene rings is 2. The third-order valence-electron chi connectivity index (χ3n) is 4.69. The van der Waals surface area contributed by atoms with Crippen LogP contribution in [-0.4, -0.2) is 38.3 Å². The number of urea groups is 1. The largest absolute Gasteiger partial charge is 0.476 e. The number of hydrogen-bond donors (Lipinski definition) is 2. The lowest BCUT2D eigenvalue weighted by molar-refractivity contribution is 0.0687. The Labute approximate surface area is 176 Å². The molecule has 7 nitrogen and oxygen atoms in total. The van der Waals surface area contributed by atoms with Crippen molar-refractivity contribution >= 4 is 40.9 Å². The zero-order chi connectivity index (χ0) is 20.5. The number of carboxylic acid groups (broad SMARTS) is 1. The number of amides is 2. The van der Waals surface area contributed by atoms with Crippen molar-refractivity contribution in [3.8, 4) is 5.69 Å². The highest BCUT2D eigenvalue weighted by Crippen LogP contribution is 2.27. The molecule has 0 fully saturated rings. The summed E-state index contributed by atoms with van der Waals surface area (Å²) >= 11 is 11.9. The van der Waals surface area contributed by atoms with Gasteiger partial charge in [-0.15, -0.1) is 0 Å². The molecule has 0 bridgehead atoms. The van der Waals surface area contributed by atoms with Crippen molar-refractivity contribution in [1.82, 2.24) is 14.7 Å². The number of aromatic nitrogens is 2. The second kappa shape index (κ2) is 7.77. The summed E-state index contributed by atoms with van der Waals surface area (Å²) in [6.07, 6.45) is 0.473. The van der Waals surface area contributed by atoms with Gasteiger partial charge in [-0.25, -0.2) is 14.3 Å². The average Bonchev–Trinajstić information content (AvgIpc) is 3.08. The van der Waals surface area contributed by atoms with Crippen LogP contribution in [0, 0.1) is 0 Å². The molecule has 0 radical (unpaired) electrons. The summed E-state index contributed by atoms with van der Waals surface area (Å²) in [5, 5.41) is 17.8. The first-order valence-corrected chi connectivity index (χ1v) is 9.59. The summed E-state index contributed by atoms with van der Waals surface area (Å²) in [6, 6.07) is 13.5. The summed E-state index contributed by atoms with van der Waals surface area (Å²) in [5.41, 5.74) is 2.53. The first-order chi connectivity index (χ1) is 13.9. The maximum absolute atomic E-state index is 12.7. The SMILES string of the molecule is O=C(O)c1nn(-c2ccc(Cl)cc2)c2c1CN(C(=O)Nc1cccc(Cl)c1)CC2. The third kappa shape index (κ3) is 3.92. The van der Waals surface area contributed by atoms with Crippen molar-refractivity contribution in [3.05, 3.63) is 75.5 Å². The molecule has 0 spiro atoms. The second-order valence-corrected chi connectivity index (χ2v) is 7.45. The Balaban J connectivity index is 1.62. The van der Waals surface area contributed by atoms with Gasteiger partial charge in [0.05, 0.1) is 17.9 Å². The molecule has 2 aromatic carbocycles. The molecular weight excluding hydrogens is 415 g/mol. The molecule has 0 unspecified atom stereocenters. The van der Waals surface area contributed by atoms with E-state index in [0.29, 0.717) is 34.3 Å². The summed E-state index contributed by atoms with van der Waals surface area (Å²) in [7, 11) is 0. The molecule has 1 aliphatic rings. The number of nitrogens with zero attached hydrogens (tertiary/aromatic N) is 3. The first-order valence-electron chi connectivity index (χ1n) is 8.84. The monoisotopic (exact) mass is 430 g/mol. The van der Waals surface area contributed by atoms with E-state index >= 15 is 0 Å². The standard InChI is InChI=1S/C20H16Cl2N4O3/c21-12-4-6-15(7-5-12)26-17-8-9-25(11-16(17)18(24-26)19(27)28)20(29)23-14-3-1-2-13(22)10-14/h1-7,10H,8-9,11H2,(H,23,29)(H,27,28). The normalized spacial score (nSPS) is 13.1. The molecule has 29 heavy (non-hydrogen) atoms. The minimum atomic E-state index is -1.13. The zero-order valence-electron chi connectivity index (χ0n) is 15.1. The van der Waals surface area contributed by atoms with Gasteiger partial charge < -0.3 is 15.3 Å². The summed E-state index contributed by atoms with van der Waals surface area (Å²) < 4.78 is 1.61. The van der Waals surface area contributed by atoms with Gasteiger partial charge in [-0.05, 0) is 42.5 Å². The van der Waals surface area contributed by atoms with Crippen LogP contribution in [0.2, 0.25) is 10.0 Å². The Bertz CT molecular complexity index is 1100. The van der Waals surface area contributed by atoms with Gasteiger partial charge in [0.2, 0.25) is 0 Å². The Morgan fingerprint density at radius 2 is 1.83 bits per heavy atom. The van der Waals surface area contributed by atoms with E-state index < -0.39 is 5.97 Å². The van der Waals surface area contributed by atoms with E-state index in [1.807, 2.05) is 0 Å². The number of carbonyl (C=O) groups is 2. The van der Waals surface area contributed by atoms with E-state index in [1.54, 1.807) is 58.1 Å². The summed E-state index contributed by atoms with van der Waals surface area (Å²) in [6.45, 7) is 0.578. The highest BCUT2D eigenvalue weighted by Gasteiger charge is 2.30. The van der Waals surface area contributed by atoms with Gasteiger partial charge in [0.25, 0.3) is 0 Å².